The van der Waals surface area contributed by atoms with Gasteiger partial charge >= 0.3 is 5.97 Å². The largest absolute Gasteiger partial charge is 0.478 e. The normalized spacial score (nSPS) is 11.5. The zero-order valence-electron chi connectivity index (χ0n) is 15.7. The van der Waals surface area contributed by atoms with E-state index < -0.39 is 5.97 Å². The molecule has 0 aliphatic heterocycles. The van der Waals surface area contributed by atoms with Gasteiger partial charge in [-0.15, -0.1) is 5.10 Å². The summed E-state index contributed by atoms with van der Waals surface area (Å²) in [5.74, 6) is -0.979. The smallest absolute Gasteiger partial charge is 0.328 e. The molecular formula is C21H23N3O4. The van der Waals surface area contributed by atoms with Crippen molar-refractivity contribution in [2.75, 3.05) is 19.8 Å². The number of nitrogens with zero attached hydrogens (tertiary/aromatic N) is 3. The van der Waals surface area contributed by atoms with Gasteiger partial charge in [-0.3, -0.25) is 0 Å². The third-order valence-electron chi connectivity index (χ3n) is 4.32. The van der Waals surface area contributed by atoms with Crippen LogP contribution in [0.5, 0.6) is 0 Å². The summed E-state index contributed by atoms with van der Waals surface area (Å²) in [4.78, 5) is 10.7. The predicted octanol–water partition coefficient (Wildman–Crippen LogP) is 3.07. The van der Waals surface area contributed by atoms with Crippen LogP contribution >= 0.6 is 0 Å². The maximum absolute atomic E-state index is 10.7. The van der Waals surface area contributed by atoms with E-state index in [0.29, 0.717) is 33.0 Å². The average Bonchev–Trinajstić information content (AvgIpc) is 3.11. The topological polar surface area (TPSA) is 86.5 Å². The summed E-state index contributed by atoms with van der Waals surface area (Å²) in [5, 5.41) is 17.2. The number of carboxylic acids is 1. The zero-order chi connectivity index (χ0) is 19.8. The summed E-state index contributed by atoms with van der Waals surface area (Å²) in [6.07, 6.45) is 2.68. The van der Waals surface area contributed by atoms with Crippen molar-refractivity contribution in [3.8, 4) is 0 Å². The van der Waals surface area contributed by atoms with E-state index in [9.17, 15) is 4.79 Å². The first-order chi connectivity index (χ1) is 13.6. The van der Waals surface area contributed by atoms with Gasteiger partial charge in [0.25, 0.3) is 0 Å². The van der Waals surface area contributed by atoms with E-state index in [-0.39, 0.29) is 0 Å². The van der Waals surface area contributed by atoms with Crippen LogP contribution < -0.4 is 0 Å². The molecule has 2 aromatic carbocycles. The molecule has 0 saturated heterocycles. The molecule has 0 bridgehead atoms. The Hall–Kier alpha value is -3.03. The second-order valence-corrected chi connectivity index (χ2v) is 6.28. The Kier molecular flexibility index (Phi) is 6.89. The molecule has 7 nitrogen and oxygen atoms in total. The molecule has 28 heavy (non-hydrogen) atoms. The molecule has 3 rings (SSSR count). The second kappa shape index (κ2) is 9.77. The van der Waals surface area contributed by atoms with Crippen molar-refractivity contribution in [2.24, 2.45) is 0 Å². The molecule has 146 valence electrons. The number of carbonyl (C=O) groups is 1. The highest BCUT2D eigenvalue weighted by Crippen LogP contribution is 2.20. The van der Waals surface area contributed by atoms with Crippen molar-refractivity contribution in [3.05, 3.63) is 65.2 Å². The van der Waals surface area contributed by atoms with Crippen LogP contribution in [0.15, 0.2) is 48.5 Å². The standard InChI is InChI=1S/C21H23N3O4/c1-16-18(8-10-20(25)26)7-9-19-21(16)22-23-24(19)11-12-27-13-14-28-15-17-5-3-2-4-6-17/h2-10H,11-15H2,1H3,(H,25,26). The fraction of sp³-hybridized carbons (Fsp3) is 0.286. The van der Waals surface area contributed by atoms with Crippen LogP contribution in [0, 0.1) is 6.92 Å². The van der Waals surface area contributed by atoms with E-state index in [4.69, 9.17) is 14.6 Å². The summed E-state index contributed by atoms with van der Waals surface area (Å²) in [7, 11) is 0. The summed E-state index contributed by atoms with van der Waals surface area (Å²) in [5.41, 5.74) is 4.52. The molecular weight excluding hydrogens is 358 g/mol. The van der Waals surface area contributed by atoms with Crippen LogP contribution in [0.4, 0.5) is 0 Å². The molecule has 1 heterocycles. The highest BCUT2D eigenvalue weighted by atomic mass is 16.5. The number of carboxylic acid groups (broad SMARTS) is 1. The summed E-state index contributed by atoms with van der Waals surface area (Å²) >= 11 is 0. The van der Waals surface area contributed by atoms with Gasteiger partial charge in [0, 0.05) is 6.08 Å². The monoisotopic (exact) mass is 381 g/mol. The number of benzene rings is 2. The number of fused-ring (bicyclic) bond motifs is 1. The van der Waals surface area contributed by atoms with Crippen LogP contribution in [0.25, 0.3) is 17.1 Å². The third-order valence-corrected chi connectivity index (χ3v) is 4.32. The van der Waals surface area contributed by atoms with Gasteiger partial charge in [0.05, 0.1) is 38.5 Å². The van der Waals surface area contributed by atoms with Gasteiger partial charge in [0.15, 0.2) is 0 Å². The fourth-order valence-electron chi connectivity index (χ4n) is 2.82. The highest BCUT2D eigenvalue weighted by molar-refractivity contribution is 5.88. The van der Waals surface area contributed by atoms with Crippen LogP contribution in [-0.4, -0.2) is 45.9 Å². The SMILES string of the molecule is Cc1c(C=CC(=O)O)ccc2c1nnn2CCOCCOCc1ccccc1. The van der Waals surface area contributed by atoms with Crippen LogP contribution in [0.3, 0.4) is 0 Å². The molecule has 0 saturated carbocycles. The lowest BCUT2D eigenvalue weighted by atomic mass is 10.1. The Morgan fingerprint density at radius 3 is 2.68 bits per heavy atom. The minimum atomic E-state index is -0.979. The number of aliphatic carboxylic acids is 1. The van der Waals surface area contributed by atoms with Crippen molar-refractivity contribution < 1.29 is 19.4 Å². The molecule has 0 aliphatic carbocycles. The second-order valence-electron chi connectivity index (χ2n) is 6.28. The van der Waals surface area contributed by atoms with E-state index in [1.54, 1.807) is 10.8 Å². The van der Waals surface area contributed by atoms with Crippen molar-refractivity contribution >= 4 is 23.1 Å². The van der Waals surface area contributed by atoms with Crippen LogP contribution in [0.1, 0.15) is 16.7 Å². The van der Waals surface area contributed by atoms with E-state index in [1.165, 1.54) is 0 Å². The molecule has 1 aromatic heterocycles. The van der Waals surface area contributed by atoms with Gasteiger partial charge in [-0.2, -0.15) is 0 Å². The van der Waals surface area contributed by atoms with E-state index in [1.807, 2.05) is 49.4 Å². The van der Waals surface area contributed by atoms with E-state index in [2.05, 4.69) is 10.3 Å². The minimum Gasteiger partial charge on any atom is -0.478 e. The van der Waals surface area contributed by atoms with Gasteiger partial charge in [-0.25, -0.2) is 9.48 Å². The Balaban J connectivity index is 1.46. The van der Waals surface area contributed by atoms with Crippen LogP contribution in [-0.2, 0) is 27.4 Å². The van der Waals surface area contributed by atoms with Gasteiger partial charge in [0.1, 0.15) is 5.52 Å². The molecule has 1 N–H and O–H groups in total. The molecule has 7 heteroatoms. The molecule has 0 unspecified atom stereocenters. The predicted molar refractivity (Wildman–Crippen MR) is 106 cm³/mol. The first-order valence-corrected chi connectivity index (χ1v) is 9.08. The zero-order valence-corrected chi connectivity index (χ0v) is 15.7. The Bertz CT molecular complexity index is 951. The van der Waals surface area contributed by atoms with E-state index in [0.717, 1.165) is 33.8 Å². The number of aromatic nitrogens is 3. The average molecular weight is 381 g/mol. The molecule has 3 aromatic rings. The summed E-state index contributed by atoms with van der Waals surface area (Å²) < 4.78 is 13.0. The quantitative estimate of drug-likeness (QED) is 0.429. The summed E-state index contributed by atoms with van der Waals surface area (Å²) in [6.45, 7) is 4.62. The number of ether oxygens (including phenoxy) is 2. The lowest BCUT2D eigenvalue weighted by Gasteiger charge is -2.07. The Morgan fingerprint density at radius 2 is 1.89 bits per heavy atom. The molecule has 0 spiro atoms. The maximum Gasteiger partial charge on any atom is 0.328 e. The van der Waals surface area contributed by atoms with Gasteiger partial charge in [-0.1, -0.05) is 41.6 Å². The lowest BCUT2D eigenvalue weighted by molar-refractivity contribution is -0.131. The Morgan fingerprint density at radius 1 is 1.11 bits per heavy atom. The van der Waals surface area contributed by atoms with Crippen molar-refractivity contribution in [1.29, 1.82) is 0 Å². The molecule has 0 amide bonds. The van der Waals surface area contributed by atoms with Crippen molar-refractivity contribution in [2.45, 2.75) is 20.1 Å². The molecule has 0 atom stereocenters. The molecule has 0 radical (unpaired) electrons. The highest BCUT2D eigenvalue weighted by Gasteiger charge is 2.09. The maximum atomic E-state index is 10.7. The van der Waals surface area contributed by atoms with Crippen molar-refractivity contribution in [3.63, 3.8) is 0 Å². The van der Waals surface area contributed by atoms with E-state index >= 15 is 0 Å². The summed E-state index contributed by atoms with van der Waals surface area (Å²) in [6, 6.07) is 13.8. The number of hydrogen-bond acceptors (Lipinski definition) is 5. The van der Waals surface area contributed by atoms with Gasteiger partial charge in [0.2, 0.25) is 0 Å². The van der Waals surface area contributed by atoms with Gasteiger partial charge in [-0.05, 0) is 35.8 Å². The fourth-order valence-corrected chi connectivity index (χ4v) is 2.82. The van der Waals surface area contributed by atoms with Gasteiger partial charge < -0.3 is 14.6 Å². The molecule has 0 aliphatic rings. The molecule has 0 fully saturated rings. The van der Waals surface area contributed by atoms with Crippen LogP contribution in [0.2, 0.25) is 0 Å². The first-order valence-electron chi connectivity index (χ1n) is 9.08. The Labute approximate surface area is 163 Å². The third kappa shape index (κ3) is 5.25. The minimum absolute atomic E-state index is 0.507. The number of rotatable bonds is 10. The number of hydrogen-bond donors (Lipinski definition) is 1. The first kappa shape index (κ1) is 19.7. The number of aryl methyl sites for hydroxylation is 1. The van der Waals surface area contributed by atoms with Crippen molar-refractivity contribution in [1.82, 2.24) is 15.0 Å². The lowest BCUT2D eigenvalue weighted by Crippen LogP contribution is -2.11.